The smallest absolute Gasteiger partial charge is 0.334 e. The van der Waals surface area contributed by atoms with Crippen LogP contribution in [0.15, 0.2) is 24.3 Å². The van der Waals surface area contributed by atoms with Gasteiger partial charge in [-0.15, -0.1) is 0 Å². The molecule has 1 aromatic rings. The summed E-state index contributed by atoms with van der Waals surface area (Å²) in [6.45, 7) is 1.34. The molecular weight excluding hydrogens is 328 g/mol. The molecule has 1 aromatic carbocycles. The van der Waals surface area contributed by atoms with Gasteiger partial charge in [-0.2, -0.15) is 0 Å². The molecule has 1 aliphatic heterocycles. The zero-order valence-corrected chi connectivity index (χ0v) is 13.9. The Morgan fingerprint density at radius 3 is 2.16 bits per heavy atom. The van der Waals surface area contributed by atoms with Crippen molar-refractivity contribution >= 4 is 35.3 Å². The summed E-state index contributed by atoms with van der Waals surface area (Å²) < 4.78 is 0. The molecule has 0 aromatic heterocycles. The van der Waals surface area contributed by atoms with Crippen molar-refractivity contribution in [2.75, 3.05) is 25.5 Å². The molecule has 25 heavy (non-hydrogen) atoms. The van der Waals surface area contributed by atoms with Crippen LogP contribution in [-0.4, -0.2) is 59.6 Å². The van der Waals surface area contributed by atoms with Crippen LogP contribution in [0.3, 0.4) is 0 Å². The predicted octanol–water partition coefficient (Wildman–Crippen LogP) is 0.185. The number of hydrogen-bond acceptors (Lipinski definition) is 5. The van der Waals surface area contributed by atoms with Gasteiger partial charge in [0.25, 0.3) is 5.91 Å². The fourth-order valence-corrected chi connectivity index (χ4v) is 2.30. The van der Waals surface area contributed by atoms with Gasteiger partial charge in [0.05, 0.1) is 0 Å². The summed E-state index contributed by atoms with van der Waals surface area (Å²) in [4.78, 5) is 60.5. The van der Waals surface area contributed by atoms with Crippen LogP contribution in [0.2, 0.25) is 0 Å². The SMILES string of the molecule is CCCN1C(=O)C(=O)N(CC(=O)Nc2ccc(C(=O)NC)cc2)C1=O. The minimum absolute atomic E-state index is 0.127. The number of anilines is 1. The number of nitrogens with one attached hydrogen (secondary N) is 2. The molecule has 2 rings (SSSR count). The summed E-state index contributed by atoms with van der Waals surface area (Å²) in [7, 11) is 1.51. The summed E-state index contributed by atoms with van der Waals surface area (Å²) in [6, 6.07) is 5.29. The van der Waals surface area contributed by atoms with Crippen LogP contribution in [0.1, 0.15) is 23.7 Å². The number of carbonyl (C=O) groups excluding carboxylic acids is 5. The lowest BCUT2D eigenvalue weighted by Crippen LogP contribution is -2.39. The highest BCUT2D eigenvalue weighted by Crippen LogP contribution is 2.14. The first kappa shape index (κ1) is 18.1. The molecule has 0 spiro atoms. The minimum atomic E-state index is -1.01. The average Bonchev–Trinajstić information content (AvgIpc) is 2.80. The van der Waals surface area contributed by atoms with Gasteiger partial charge in [-0.1, -0.05) is 6.92 Å². The Bertz CT molecular complexity index is 729. The number of nitrogens with zero attached hydrogens (tertiary/aromatic N) is 2. The second-order valence-electron chi connectivity index (χ2n) is 5.34. The van der Waals surface area contributed by atoms with Crippen LogP contribution in [-0.2, 0) is 14.4 Å². The van der Waals surface area contributed by atoms with Crippen LogP contribution in [0.4, 0.5) is 10.5 Å². The third-order valence-corrected chi connectivity index (χ3v) is 3.54. The first-order valence-electron chi connectivity index (χ1n) is 7.68. The van der Waals surface area contributed by atoms with Crippen LogP contribution >= 0.6 is 0 Å². The molecule has 0 bridgehead atoms. The molecule has 132 valence electrons. The van der Waals surface area contributed by atoms with E-state index < -0.39 is 30.3 Å². The molecule has 6 amide bonds. The second kappa shape index (κ2) is 7.56. The maximum atomic E-state index is 12.0. The lowest BCUT2D eigenvalue weighted by molar-refractivity contribution is -0.143. The summed E-state index contributed by atoms with van der Waals surface area (Å²) in [5.41, 5.74) is 0.819. The summed E-state index contributed by atoms with van der Waals surface area (Å²) >= 11 is 0. The van der Waals surface area contributed by atoms with Crippen molar-refractivity contribution in [2.24, 2.45) is 0 Å². The number of amides is 6. The van der Waals surface area contributed by atoms with Crippen LogP contribution in [0.5, 0.6) is 0 Å². The molecule has 1 aliphatic rings. The van der Waals surface area contributed by atoms with Gasteiger partial charge in [0.2, 0.25) is 5.91 Å². The fraction of sp³-hybridized carbons (Fsp3) is 0.312. The Hall–Kier alpha value is -3.23. The zero-order chi connectivity index (χ0) is 18.6. The Morgan fingerprint density at radius 2 is 1.60 bits per heavy atom. The Labute approximate surface area is 144 Å². The van der Waals surface area contributed by atoms with Gasteiger partial charge in [0, 0.05) is 24.8 Å². The van der Waals surface area contributed by atoms with E-state index in [1.807, 2.05) is 0 Å². The molecule has 1 saturated heterocycles. The van der Waals surface area contributed by atoms with Gasteiger partial charge < -0.3 is 10.6 Å². The zero-order valence-electron chi connectivity index (χ0n) is 13.9. The highest BCUT2D eigenvalue weighted by atomic mass is 16.2. The van der Waals surface area contributed by atoms with E-state index in [4.69, 9.17) is 0 Å². The van der Waals surface area contributed by atoms with Crippen molar-refractivity contribution in [1.29, 1.82) is 0 Å². The summed E-state index contributed by atoms with van der Waals surface area (Å²) in [5.74, 6) is -2.82. The number of benzene rings is 1. The van der Waals surface area contributed by atoms with Gasteiger partial charge in [-0.05, 0) is 30.7 Å². The fourth-order valence-electron chi connectivity index (χ4n) is 2.30. The number of carbonyl (C=O) groups is 5. The van der Waals surface area contributed by atoms with Crippen molar-refractivity contribution in [2.45, 2.75) is 13.3 Å². The molecule has 1 fully saturated rings. The molecule has 0 unspecified atom stereocenters. The Morgan fingerprint density at radius 1 is 1.00 bits per heavy atom. The molecule has 0 radical (unpaired) electrons. The lowest BCUT2D eigenvalue weighted by atomic mass is 10.2. The van der Waals surface area contributed by atoms with E-state index in [0.29, 0.717) is 22.6 Å². The van der Waals surface area contributed by atoms with Gasteiger partial charge >= 0.3 is 17.8 Å². The van der Waals surface area contributed by atoms with E-state index in [0.717, 1.165) is 4.90 Å². The van der Waals surface area contributed by atoms with Crippen molar-refractivity contribution in [3.63, 3.8) is 0 Å². The third-order valence-electron chi connectivity index (χ3n) is 3.54. The average molecular weight is 346 g/mol. The molecule has 0 saturated carbocycles. The van der Waals surface area contributed by atoms with Crippen LogP contribution in [0.25, 0.3) is 0 Å². The van der Waals surface area contributed by atoms with Gasteiger partial charge in [-0.3, -0.25) is 24.1 Å². The molecule has 0 aliphatic carbocycles. The normalized spacial score (nSPS) is 14.1. The topological polar surface area (TPSA) is 116 Å². The molecular formula is C16H18N4O5. The van der Waals surface area contributed by atoms with Crippen LogP contribution in [0, 0.1) is 0 Å². The third kappa shape index (κ3) is 3.82. The molecule has 2 N–H and O–H groups in total. The molecule has 9 heteroatoms. The van der Waals surface area contributed by atoms with Gasteiger partial charge in [0.1, 0.15) is 6.54 Å². The largest absolute Gasteiger partial charge is 0.355 e. The maximum absolute atomic E-state index is 12.0. The highest BCUT2D eigenvalue weighted by Gasteiger charge is 2.44. The Kier molecular flexibility index (Phi) is 5.48. The van der Waals surface area contributed by atoms with E-state index in [1.54, 1.807) is 6.92 Å². The standard InChI is InChI=1S/C16H18N4O5/c1-3-8-19-14(23)15(24)20(16(19)25)9-12(21)18-11-6-4-10(5-7-11)13(22)17-2/h4-7H,3,8-9H2,1-2H3,(H,17,22)(H,18,21). The maximum Gasteiger partial charge on any atom is 0.334 e. The van der Waals surface area contributed by atoms with Crippen LogP contribution < -0.4 is 10.6 Å². The Balaban J connectivity index is 2.00. The number of hydrogen-bond donors (Lipinski definition) is 2. The van der Waals surface area contributed by atoms with Gasteiger partial charge in [0.15, 0.2) is 0 Å². The first-order valence-corrected chi connectivity index (χ1v) is 7.68. The molecule has 1 heterocycles. The lowest BCUT2D eigenvalue weighted by Gasteiger charge is -2.14. The number of imide groups is 2. The molecule has 0 atom stereocenters. The summed E-state index contributed by atoms with van der Waals surface area (Å²) in [5, 5.41) is 4.98. The number of rotatable bonds is 6. The first-order chi connectivity index (χ1) is 11.9. The predicted molar refractivity (Wildman–Crippen MR) is 87.6 cm³/mol. The van der Waals surface area contributed by atoms with Crippen molar-refractivity contribution in [1.82, 2.24) is 15.1 Å². The van der Waals surface area contributed by atoms with E-state index in [9.17, 15) is 24.0 Å². The van der Waals surface area contributed by atoms with Crippen molar-refractivity contribution in [3.8, 4) is 0 Å². The van der Waals surface area contributed by atoms with E-state index in [-0.39, 0.29) is 12.5 Å². The quantitative estimate of drug-likeness (QED) is 0.563. The van der Waals surface area contributed by atoms with E-state index in [2.05, 4.69) is 10.6 Å². The van der Waals surface area contributed by atoms with Crippen molar-refractivity contribution < 1.29 is 24.0 Å². The minimum Gasteiger partial charge on any atom is -0.355 e. The van der Waals surface area contributed by atoms with Crippen molar-refractivity contribution in [3.05, 3.63) is 29.8 Å². The van der Waals surface area contributed by atoms with E-state index >= 15 is 0 Å². The molecule has 9 nitrogen and oxygen atoms in total. The highest BCUT2D eigenvalue weighted by molar-refractivity contribution is 6.45. The van der Waals surface area contributed by atoms with E-state index in [1.165, 1.54) is 31.3 Å². The second-order valence-corrected chi connectivity index (χ2v) is 5.34. The monoisotopic (exact) mass is 346 g/mol. The number of urea groups is 1. The van der Waals surface area contributed by atoms with Gasteiger partial charge in [-0.25, -0.2) is 9.69 Å². The summed E-state index contributed by atoms with van der Waals surface area (Å²) in [6.07, 6.45) is 0.516.